The summed E-state index contributed by atoms with van der Waals surface area (Å²) in [6.45, 7) is 0. The van der Waals surface area contributed by atoms with Crippen molar-refractivity contribution < 1.29 is 19.8 Å². The summed E-state index contributed by atoms with van der Waals surface area (Å²) < 4.78 is 0. The molecule has 2 aromatic rings. The molecule has 0 unspecified atom stereocenters. The average molecular weight is 277 g/mol. The molecule has 5 heteroatoms. The van der Waals surface area contributed by atoms with Gasteiger partial charge in [0.1, 0.15) is 0 Å². The van der Waals surface area contributed by atoms with Crippen molar-refractivity contribution in [1.82, 2.24) is 0 Å². The molecule has 0 amide bonds. The van der Waals surface area contributed by atoms with Crippen LogP contribution in [0.1, 0.15) is 20.7 Å². The van der Waals surface area contributed by atoms with Crippen molar-refractivity contribution in [2.45, 2.75) is 0 Å². The van der Waals surface area contributed by atoms with Crippen LogP contribution >= 0.6 is 11.6 Å². The third-order valence-electron chi connectivity index (χ3n) is 2.66. The van der Waals surface area contributed by atoms with Crippen molar-refractivity contribution in [3.05, 3.63) is 58.6 Å². The van der Waals surface area contributed by atoms with Gasteiger partial charge in [-0.1, -0.05) is 23.7 Å². The zero-order chi connectivity index (χ0) is 14.0. The Morgan fingerprint density at radius 3 is 1.89 bits per heavy atom. The van der Waals surface area contributed by atoms with Gasteiger partial charge >= 0.3 is 11.9 Å². The van der Waals surface area contributed by atoms with Crippen molar-refractivity contribution in [2.75, 3.05) is 0 Å². The lowest BCUT2D eigenvalue weighted by Crippen LogP contribution is -1.97. The Kier molecular flexibility index (Phi) is 3.53. The van der Waals surface area contributed by atoms with E-state index in [1.807, 2.05) is 0 Å². The monoisotopic (exact) mass is 276 g/mol. The molecule has 0 heterocycles. The molecule has 19 heavy (non-hydrogen) atoms. The fourth-order valence-corrected chi connectivity index (χ4v) is 1.90. The van der Waals surface area contributed by atoms with Gasteiger partial charge in [0.25, 0.3) is 0 Å². The maximum Gasteiger partial charge on any atom is 0.335 e. The Morgan fingerprint density at radius 1 is 0.842 bits per heavy atom. The summed E-state index contributed by atoms with van der Waals surface area (Å²) >= 11 is 6.03. The molecule has 0 aliphatic heterocycles. The van der Waals surface area contributed by atoms with E-state index < -0.39 is 11.9 Å². The minimum Gasteiger partial charge on any atom is -0.478 e. The number of halogens is 1. The predicted octanol–water partition coefficient (Wildman–Crippen LogP) is 3.40. The van der Waals surface area contributed by atoms with E-state index >= 15 is 0 Å². The number of carboxylic acid groups (broad SMARTS) is 2. The second-order valence-electron chi connectivity index (χ2n) is 3.88. The van der Waals surface area contributed by atoms with Crippen LogP contribution < -0.4 is 0 Å². The van der Waals surface area contributed by atoms with E-state index in [-0.39, 0.29) is 11.1 Å². The molecule has 96 valence electrons. The molecule has 4 nitrogen and oxygen atoms in total. The van der Waals surface area contributed by atoms with Crippen molar-refractivity contribution in [2.24, 2.45) is 0 Å². The molecule has 0 aromatic heterocycles. The molecular weight excluding hydrogens is 268 g/mol. The molecule has 0 bridgehead atoms. The Morgan fingerprint density at radius 2 is 1.37 bits per heavy atom. The SMILES string of the molecule is O=C(O)c1ccc(-c2cc(C(=O)O)ccc2Cl)cc1. The van der Waals surface area contributed by atoms with Crippen LogP contribution in [0.5, 0.6) is 0 Å². The van der Waals surface area contributed by atoms with Gasteiger partial charge in [0.15, 0.2) is 0 Å². The number of carboxylic acids is 2. The summed E-state index contributed by atoms with van der Waals surface area (Å²) in [7, 11) is 0. The highest BCUT2D eigenvalue weighted by molar-refractivity contribution is 6.33. The fourth-order valence-electron chi connectivity index (χ4n) is 1.67. The highest BCUT2D eigenvalue weighted by Gasteiger charge is 2.10. The first-order valence-corrected chi connectivity index (χ1v) is 5.73. The Bertz CT molecular complexity index is 647. The number of hydrogen-bond acceptors (Lipinski definition) is 2. The first-order chi connectivity index (χ1) is 8.99. The fraction of sp³-hybridized carbons (Fsp3) is 0. The van der Waals surface area contributed by atoms with Crippen LogP contribution in [0.2, 0.25) is 5.02 Å². The molecule has 2 N–H and O–H groups in total. The summed E-state index contributed by atoms with van der Waals surface area (Å²) in [5.41, 5.74) is 1.51. The van der Waals surface area contributed by atoms with E-state index in [0.717, 1.165) is 0 Å². The van der Waals surface area contributed by atoms with Gasteiger partial charge < -0.3 is 10.2 Å². The number of rotatable bonds is 3. The van der Waals surface area contributed by atoms with Crippen molar-refractivity contribution in [1.29, 1.82) is 0 Å². The molecule has 0 spiro atoms. The van der Waals surface area contributed by atoms with Crippen LogP contribution in [0.4, 0.5) is 0 Å². The van der Waals surface area contributed by atoms with Crippen molar-refractivity contribution >= 4 is 23.5 Å². The normalized spacial score (nSPS) is 10.2. The van der Waals surface area contributed by atoms with Gasteiger partial charge in [-0.3, -0.25) is 0 Å². The largest absolute Gasteiger partial charge is 0.478 e. The predicted molar refractivity (Wildman–Crippen MR) is 70.8 cm³/mol. The zero-order valence-electron chi connectivity index (χ0n) is 9.63. The molecule has 2 aromatic carbocycles. The van der Waals surface area contributed by atoms with Crippen LogP contribution in [0.25, 0.3) is 11.1 Å². The van der Waals surface area contributed by atoms with E-state index in [1.165, 1.54) is 30.3 Å². The summed E-state index contributed by atoms with van der Waals surface area (Å²) in [4.78, 5) is 21.7. The van der Waals surface area contributed by atoms with Gasteiger partial charge in [-0.05, 0) is 35.9 Å². The van der Waals surface area contributed by atoms with E-state index in [9.17, 15) is 9.59 Å². The average Bonchev–Trinajstić information content (AvgIpc) is 2.39. The topological polar surface area (TPSA) is 74.6 Å². The van der Waals surface area contributed by atoms with E-state index in [1.54, 1.807) is 12.1 Å². The van der Waals surface area contributed by atoms with Crippen LogP contribution in [-0.4, -0.2) is 22.2 Å². The quantitative estimate of drug-likeness (QED) is 0.901. The van der Waals surface area contributed by atoms with Crippen LogP contribution in [0.15, 0.2) is 42.5 Å². The lowest BCUT2D eigenvalue weighted by atomic mass is 10.0. The standard InChI is InChI=1S/C14H9ClO4/c15-12-6-5-10(14(18)19)7-11(12)8-1-3-9(4-2-8)13(16)17/h1-7H,(H,16,17)(H,18,19). The van der Waals surface area contributed by atoms with E-state index in [2.05, 4.69) is 0 Å². The number of hydrogen-bond donors (Lipinski definition) is 2. The lowest BCUT2D eigenvalue weighted by Gasteiger charge is -2.06. The number of benzene rings is 2. The van der Waals surface area contributed by atoms with Crippen LogP contribution in [0, 0.1) is 0 Å². The Labute approximate surface area is 113 Å². The zero-order valence-corrected chi connectivity index (χ0v) is 10.4. The maximum atomic E-state index is 10.9. The van der Waals surface area contributed by atoms with Crippen molar-refractivity contribution in [3.63, 3.8) is 0 Å². The Hall–Kier alpha value is -2.33. The summed E-state index contributed by atoms with van der Waals surface area (Å²) in [5, 5.41) is 18.2. The molecule has 2 rings (SSSR count). The molecule has 0 fully saturated rings. The summed E-state index contributed by atoms with van der Waals surface area (Å²) in [6, 6.07) is 10.5. The molecule has 0 saturated carbocycles. The van der Waals surface area contributed by atoms with Gasteiger partial charge in [-0.25, -0.2) is 9.59 Å². The molecule has 0 saturated heterocycles. The maximum absolute atomic E-state index is 10.9. The highest BCUT2D eigenvalue weighted by atomic mass is 35.5. The molecule has 0 aliphatic rings. The molecule has 0 aliphatic carbocycles. The minimum absolute atomic E-state index is 0.127. The first-order valence-electron chi connectivity index (χ1n) is 5.35. The molecular formula is C14H9ClO4. The molecule has 0 radical (unpaired) electrons. The second kappa shape index (κ2) is 5.12. The minimum atomic E-state index is -1.04. The van der Waals surface area contributed by atoms with Crippen molar-refractivity contribution in [3.8, 4) is 11.1 Å². The van der Waals surface area contributed by atoms with Gasteiger partial charge in [-0.2, -0.15) is 0 Å². The van der Waals surface area contributed by atoms with Crippen LogP contribution in [0.3, 0.4) is 0 Å². The lowest BCUT2D eigenvalue weighted by molar-refractivity contribution is 0.0686. The highest BCUT2D eigenvalue weighted by Crippen LogP contribution is 2.29. The van der Waals surface area contributed by atoms with E-state index in [4.69, 9.17) is 21.8 Å². The third kappa shape index (κ3) is 2.74. The number of carbonyl (C=O) groups is 2. The van der Waals surface area contributed by atoms with Gasteiger partial charge in [0.2, 0.25) is 0 Å². The van der Waals surface area contributed by atoms with Gasteiger partial charge in [-0.15, -0.1) is 0 Å². The summed E-state index contributed by atoms with van der Waals surface area (Å²) in [5.74, 6) is -2.06. The summed E-state index contributed by atoms with van der Waals surface area (Å²) in [6.07, 6.45) is 0. The third-order valence-corrected chi connectivity index (χ3v) is 2.99. The second-order valence-corrected chi connectivity index (χ2v) is 4.29. The number of aromatic carboxylic acids is 2. The smallest absolute Gasteiger partial charge is 0.335 e. The van der Waals surface area contributed by atoms with Gasteiger partial charge in [0.05, 0.1) is 11.1 Å². The Balaban J connectivity index is 2.48. The van der Waals surface area contributed by atoms with Gasteiger partial charge in [0, 0.05) is 10.6 Å². The van der Waals surface area contributed by atoms with Crippen LogP contribution in [-0.2, 0) is 0 Å². The van der Waals surface area contributed by atoms with E-state index in [0.29, 0.717) is 16.1 Å². The first kappa shape index (κ1) is 13.1. The molecule has 0 atom stereocenters.